The molecule has 3 aromatic carbocycles. The summed E-state index contributed by atoms with van der Waals surface area (Å²) in [4.78, 5) is 24.5. The smallest absolute Gasteiger partial charge is 0.220 e. The Balaban J connectivity index is 1.41. The number of hydrogen-bond acceptors (Lipinski definition) is 5. The largest absolute Gasteiger partial charge is 0.497 e. The monoisotopic (exact) mass is 580 g/mol. The van der Waals surface area contributed by atoms with E-state index in [1.807, 2.05) is 54.6 Å². The van der Waals surface area contributed by atoms with Crippen molar-refractivity contribution >= 4 is 23.4 Å². The molecule has 0 aliphatic heterocycles. The Morgan fingerprint density at radius 1 is 0.707 bits per heavy atom. The first kappa shape index (κ1) is 31.8. The maximum atomic E-state index is 12.4. The number of carbonyl (C=O) groups is 2. The van der Waals surface area contributed by atoms with E-state index in [1.165, 1.54) is 5.56 Å². The molecule has 0 heterocycles. The number of aryl methyl sites for hydroxylation is 1. The Labute approximate surface area is 248 Å². The first-order chi connectivity index (χ1) is 19.9. The molecule has 0 spiro atoms. The van der Waals surface area contributed by atoms with Gasteiger partial charge in [-0.05, 0) is 85.5 Å². The van der Waals surface area contributed by atoms with Gasteiger partial charge in [0.2, 0.25) is 11.8 Å². The molecule has 41 heavy (non-hydrogen) atoms. The molecule has 220 valence electrons. The number of ether oxygens (including phenoxy) is 3. The Hall–Kier alpha value is -3.71. The predicted octanol–water partition coefficient (Wildman–Crippen LogP) is 5.73. The quantitative estimate of drug-likeness (QED) is 0.199. The molecule has 3 aromatic rings. The lowest BCUT2D eigenvalue weighted by Crippen LogP contribution is -2.26. The van der Waals surface area contributed by atoms with Gasteiger partial charge in [0.1, 0.15) is 5.75 Å². The number of rotatable bonds is 17. The first-order valence-corrected chi connectivity index (χ1v) is 14.4. The second kappa shape index (κ2) is 17.2. The van der Waals surface area contributed by atoms with E-state index in [9.17, 15) is 9.59 Å². The van der Waals surface area contributed by atoms with Crippen LogP contribution in [0.5, 0.6) is 17.2 Å². The number of unbranched alkanes of at least 4 members (excludes halogenated alkanes) is 1. The third-order valence-corrected chi connectivity index (χ3v) is 7.22. The molecule has 0 aliphatic carbocycles. The van der Waals surface area contributed by atoms with Crippen molar-refractivity contribution in [1.29, 1.82) is 0 Å². The number of hydrogen-bond donors (Lipinski definition) is 2. The van der Waals surface area contributed by atoms with E-state index < -0.39 is 0 Å². The molecule has 0 unspecified atom stereocenters. The van der Waals surface area contributed by atoms with Gasteiger partial charge in [0.15, 0.2) is 11.5 Å². The van der Waals surface area contributed by atoms with Crippen molar-refractivity contribution in [3.05, 3.63) is 87.9 Å². The third kappa shape index (κ3) is 10.7. The van der Waals surface area contributed by atoms with Crippen molar-refractivity contribution in [2.24, 2.45) is 0 Å². The average molecular weight is 581 g/mol. The minimum Gasteiger partial charge on any atom is -0.497 e. The molecule has 0 bridgehead atoms. The normalized spacial score (nSPS) is 10.6. The molecule has 7 nitrogen and oxygen atoms in total. The summed E-state index contributed by atoms with van der Waals surface area (Å²) < 4.78 is 16.6. The standard InChI is InChI=1S/C33H41ClN2O5/c1-39-28-8-6-7-25(23-28)13-17-29-26(14-18-30(40-2)33(29)41-3)20-22-36-32(38)10-5-4-9-31(37)35-21-19-24-11-15-27(34)16-12-24/h6-8,11-12,14-16,18,23H,4-5,9-10,13,17,19-22H2,1-3H3,(H,35,37)(H,36,38). The fourth-order valence-corrected chi connectivity index (χ4v) is 4.85. The zero-order valence-corrected chi connectivity index (χ0v) is 25.0. The molecule has 2 N–H and O–H groups in total. The van der Waals surface area contributed by atoms with Crippen molar-refractivity contribution in [1.82, 2.24) is 10.6 Å². The van der Waals surface area contributed by atoms with Gasteiger partial charge in [-0.2, -0.15) is 0 Å². The number of nitrogens with one attached hydrogen (secondary N) is 2. The van der Waals surface area contributed by atoms with Crippen LogP contribution >= 0.6 is 11.6 Å². The number of carbonyl (C=O) groups excluding carboxylic acids is 2. The summed E-state index contributed by atoms with van der Waals surface area (Å²) >= 11 is 5.90. The summed E-state index contributed by atoms with van der Waals surface area (Å²) in [6.07, 6.45) is 5.16. The van der Waals surface area contributed by atoms with E-state index in [0.29, 0.717) is 56.0 Å². The summed E-state index contributed by atoms with van der Waals surface area (Å²) in [6.45, 7) is 1.10. The van der Waals surface area contributed by atoms with Gasteiger partial charge in [-0.15, -0.1) is 0 Å². The highest BCUT2D eigenvalue weighted by molar-refractivity contribution is 6.30. The van der Waals surface area contributed by atoms with Crippen molar-refractivity contribution in [3.8, 4) is 17.2 Å². The minimum absolute atomic E-state index is 0.00782. The van der Waals surface area contributed by atoms with Crippen LogP contribution in [0.15, 0.2) is 60.7 Å². The summed E-state index contributed by atoms with van der Waals surface area (Å²) in [5.41, 5.74) is 4.49. The van der Waals surface area contributed by atoms with Crippen LogP contribution in [-0.2, 0) is 35.3 Å². The maximum absolute atomic E-state index is 12.4. The van der Waals surface area contributed by atoms with E-state index >= 15 is 0 Å². The molecule has 3 rings (SSSR count). The topological polar surface area (TPSA) is 85.9 Å². The molecule has 0 radical (unpaired) electrons. The fourth-order valence-electron chi connectivity index (χ4n) is 4.72. The van der Waals surface area contributed by atoms with Crippen LogP contribution < -0.4 is 24.8 Å². The summed E-state index contributed by atoms with van der Waals surface area (Å²) in [5.74, 6) is 2.25. The van der Waals surface area contributed by atoms with Gasteiger partial charge in [0, 0.05) is 36.5 Å². The Kier molecular flexibility index (Phi) is 13.3. The van der Waals surface area contributed by atoms with Crippen LogP contribution in [0.25, 0.3) is 0 Å². The molecule has 0 saturated carbocycles. The van der Waals surface area contributed by atoms with Crippen LogP contribution in [-0.4, -0.2) is 46.2 Å². The summed E-state index contributed by atoms with van der Waals surface area (Å²) in [7, 11) is 4.95. The molecule has 0 fully saturated rings. The van der Waals surface area contributed by atoms with Crippen LogP contribution in [0.3, 0.4) is 0 Å². The number of amides is 2. The lowest BCUT2D eigenvalue weighted by molar-refractivity contribution is -0.123. The van der Waals surface area contributed by atoms with Crippen molar-refractivity contribution in [2.45, 2.75) is 51.4 Å². The van der Waals surface area contributed by atoms with Gasteiger partial charge < -0.3 is 24.8 Å². The highest BCUT2D eigenvalue weighted by atomic mass is 35.5. The second-order valence-corrected chi connectivity index (χ2v) is 10.3. The van der Waals surface area contributed by atoms with Crippen LogP contribution in [0.4, 0.5) is 0 Å². The predicted molar refractivity (Wildman–Crippen MR) is 163 cm³/mol. The Morgan fingerprint density at radius 3 is 2.02 bits per heavy atom. The first-order valence-electron chi connectivity index (χ1n) is 14.1. The van der Waals surface area contributed by atoms with Gasteiger partial charge in [-0.3, -0.25) is 9.59 Å². The molecule has 0 saturated heterocycles. The van der Waals surface area contributed by atoms with Gasteiger partial charge in [-0.1, -0.05) is 41.9 Å². The lowest BCUT2D eigenvalue weighted by atomic mass is 9.96. The van der Waals surface area contributed by atoms with Gasteiger partial charge in [0.05, 0.1) is 21.3 Å². The second-order valence-electron chi connectivity index (χ2n) is 9.82. The minimum atomic E-state index is -0.00782. The number of benzene rings is 3. The molecule has 2 amide bonds. The molecule has 8 heteroatoms. The van der Waals surface area contributed by atoms with E-state index in [0.717, 1.165) is 47.5 Å². The van der Waals surface area contributed by atoms with E-state index in [-0.39, 0.29) is 11.8 Å². The van der Waals surface area contributed by atoms with E-state index in [2.05, 4.69) is 16.7 Å². The molecule has 0 aliphatic rings. The number of methoxy groups -OCH3 is 3. The lowest BCUT2D eigenvalue weighted by Gasteiger charge is -2.17. The summed E-state index contributed by atoms with van der Waals surface area (Å²) in [6, 6.07) is 19.6. The van der Waals surface area contributed by atoms with Gasteiger partial charge in [-0.25, -0.2) is 0 Å². The average Bonchev–Trinajstić information content (AvgIpc) is 2.99. The molecular weight excluding hydrogens is 540 g/mol. The highest BCUT2D eigenvalue weighted by Gasteiger charge is 2.15. The zero-order chi connectivity index (χ0) is 29.5. The van der Waals surface area contributed by atoms with Crippen molar-refractivity contribution in [2.75, 3.05) is 34.4 Å². The fraction of sp³-hybridized carbons (Fsp3) is 0.394. The van der Waals surface area contributed by atoms with Crippen LogP contribution in [0.1, 0.15) is 47.9 Å². The Morgan fingerprint density at radius 2 is 1.39 bits per heavy atom. The molecule has 0 aromatic heterocycles. The molecule has 0 atom stereocenters. The van der Waals surface area contributed by atoms with Crippen molar-refractivity contribution < 1.29 is 23.8 Å². The zero-order valence-electron chi connectivity index (χ0n) is 24.3. The summed E-state index contributed by atoms with van der Waals surface area (Å²) in [5, 5.41) is 6.66. The maximum Gasteiger partial charge on any atom is 0.220 e. The van der Waals surface area contributed by atoms with Crippen molar-refractivity contribution in [3.63, 3.8) is 0 Å². The van der Waals surface area contributed by atoms with Crippen LogP contribution in [0, 0.1) is 0 Å². The van der Waals surface area contributed by atoms with E-state index in [1.54, 1.807) is 21.3 Å². The third-order valence-electron chi connectivity index (χ3n) is 6.97. The van der Waals surface area contributed by atoms with Gasteiger partial charge in [0.25, 0.3) is 0 Å². The molecular formula is C33H41ClN2O5. The Bertz CT molecular complexity index is 1260. The van der Waals surface area contributed by atoms with Gasteiger partial charge >= 0.3 is 0 Å². The highest BCUT2D eigenvalue weighted by Crippen LogP contribution is 2.35. The number of halogens is 1. The van der Waals surface area contributed by atoms with Crippen LogP contribution in [0.2, 0.25) is 5.02 Å². The SMILES string of the molecule is COc1cccc(CCc2c(CCNC(=O)CCCCC(=O)NCCc3ccc(Cl)cc3)ccc(OC)c2OC)c1. The van der Waals surface area contributed by atoms with E-state index in [4.69, 9.17) is 25.8 Å².